The van der Waals surface area contributed by atoms with Crippen LogP contribution in [-0.2, 0) is 0 Å². The normalized spacial score (nSPS) is 11.9. The molecule has 1 amide bonds. The molecule has 0 fully saturated rings. The number of nitrogens with zero attached hydrogens (tertiary/aromatic N) is 2. The Bertz CT molecular complexity index is 1460. The van der Waals surface area contributed by atoms with Gasteiger partial charge in [0.25, 0.3) is 11.9 Å². The lowest BCUT2D eigenvalue weighted by molar-refractivity contribution is 0.0958. The third-order valence-corrected chi connectivity index (χ3v) is 5.40. The van der Waals surface area contributed by atoms with Crippen LogP contribution in [0, 0.1) is 0 Å². The molecule has 0 unspecified atom stereocenters. The molecule has 164 valence electrons. The minimum atomic E-state index is -0.276. The van der Waals surface area contributed by atoms with Crippen LogP contribution in [0.3, 0.4) is 0 Å². The molecule has 7 heteroatoms. The van der Waals surface area contributed by atoms with Crippen LogP contribution in [0.25, 0.3) is 21.9 Å². The first-order chi connectivity index (χ1) is 16.1. The number of hydrogen-bond acceptors (Lipinski definition) is 6. The zero-order chi connectivity index (χ0) is 22.8. The van der Waals surface area contributed by atoms with Crippen molar-refractivity contribution in [1.82, 2.24) is 15.3 Å². The van der Waals surface area contributed by atoms with Crippen LogP contribution in [0.5, 0.6) is 11.5 Å². The Morgan fingerprint density at radius 2 is 1.79 bits per heavy atom. The van der Waals surface area contributed by atoms with Gasteiger partial charge in [0.15, 0.2) is 5.58 Å². The van der Waals surface area contributed by atoms with Crippen molar-refractivity contribution in [3.8, 4) is 11.5 Å². The summed E-state index contributed by atoms with van der Waals surface area (Å²) < 4.78 is 11.8. The SMILES string of the molecule is CNC(=O)c1cc(Oc2ccc3nc(N[C@@H](C)c4ccc5ccccc5c4)oc3c2)ccn1. The molecule has 0 spiro atoms. The van der Waals surface area contributed by atoms with Gasteiger partial charge < -0.3 is 19.8 Å². The van der Waals surface area contributed by atoms with Gasteiger partial charge in [-0.25, -0.2) is 0 Å². The Morgan fingerprint density at radius 1 is 0.970 bits per heavy atom. The maximum atomic E-state index is 11.8. The fourth-order valence-electron chi connectivity index (χ4n) is 3.64. The fourth-order valence-corrected chi connectivity index (χ4v) is 3.64. The third-order valence-electron chi connectivity index (χ3n) is 5.40. The van der Waals surface area contributed by atoms with Crippen LogP contribution in [0.1, 0.15) is 29.0 Å². The van der Waals surface area contributed by atoms with Crippen LogP contribution in [-0.4, -0.2) is 22.9 Å². The highest BCUT2D eigenvalue weighted by atomic mass is 16.5. The van der Waals surface area contributed by atoms with Gasteiger partial charge in [0.05, 0.1) is 6.04 Å². The van der Waals surface area contributed by atoms with Crippen molar-refractivity contribution in [2.45, 2.75) is 13.0 Å². The predicted octanol–water partition coefficient (Wildman–Crippen LogP) is 5.70. The van der Waals surface area contributed by atoms with E-state index in [0.29, 0.717) is 23.1 Å². The molecule has 0 aliphatic carbocycles. The number of pyridine rings is 1. The Labute approximate surface area is 190 Å². The molecular formula is C26H22N4O3. The van der Waals surface area contributed by atoms with Gasteiger partial charge in [-0.1, -0.05) is 36.4 Å². The molecule has 0 aliphatic rings. The van der Waals surface area contributed by atoms with Crippen LogP contribution >= 0.6 is 0 Å². The molecule has 33 heavy (non-hydrogen) atoms. The van der Waals surface area contributed by atoms with Crippen molar-refractivity contribution in [1.29, 1.82) is 0 Å². The van der Waals surface area contributed by atoms with Crippen molar-refractivity contribution in [3.63, 3.8) is 0 Å². The Balaban J connectivity index is 1.34. The van der Waals surface area contributed by atoms with E-state index >= 15 is 0 Å². The van der Waals surface area contributed by atoms with E-state index in [0.717, 1.165) is 11.1 Å². The summed E-state index contributed by atoms with van der Waals surface area (Å²) in [4.78, 5) is 20.4. The van der Waals surface area contributed by atoms with Gasteiger partial charge in [-0.3, -0.25) is 9.78 Å². The van der Waals surface area contributed by atoms with Gasteiger partial charge in [0.1, 0.15) is 22.7 Å². The number of hydrogen-bond donors (Lipinski definition) is 2. The molecule has 5 rings (SSSR count). The maximum Gasteiger partial charge on any atom is 0.296 e. The van der Waals surface area contributed by atoms with Crippen molar-refractivity contribution in [2.24, 2.45) is 0 Å². The van der Waals surface area contributed by atoms with Gasteiger partial charge in [0, 0.05) is 25.4 Å². The fraction of sp³-hybridized carbons (Fsp3) is 0.115. The second-order valence-electron chi connectivity index (χ2n) is 7.68. The van der Waals surface area contributed by atoms with Crippen LogP contribution < -0.4 is 15.4 Å². The van der Waals surface area contributed by atoms with E-state index in [4.69, 9.17) is 9.15 Å². The summed E-state index contributed by atoms with van der Waals surface area (Å²) in [5, 5.41) is 8.29. The first kappa shape index (κ1) is 20.5. The van der Waals surface area contributed by atoms with E-state index in [1.54, 1.807) is 31.3 Å². The number of carbonyl (C=O) groups excluding carboxylic acids is 1. The highest BCUT2D eigenvalue weighted by molar-refractivity contribution is 5.92. The van der Waals surface area contributed by atoms with Crippen LogP contribution in [0.4, 0.5) is 6.01 Å². The lowest BCUT2D eigenvalue weighted by Crippen LogP contribution is -2.18. The topological polar surface area (TPSA) is 89.3 Å². The molecule has 1 atom stereocenters. The number of nitrogens with one attached hydrogen (secondary N) is 2. The Kier molecular flexibility index (Phi) is 5.36. The molecule has 0 bridgehead atoms. The third kappa shape index (κ3) is 4.34. The molecule has 7 nitrogen and oxygen atoms in total. The van der Waals surface area contributed by atoms with Crippen LogP contribution in [0.2, 0.25) is 0 Å². The maximum absolute atomic E-state index is 11.8. The van der Waals surface area contributed by atoms with Gasteiger partial charge in [-0.2, -0.15) is 4.98 Å². The van der Waals surface area contributed by atoms with Crippen molar-refractivity contribution in [3.05, 3.63) is 90.3 Å². The van der Waals surface area contributed by atoms with Crippen molar-refractivity contribution in [2.75, 3.05) is 12.4 Å². The van der Waals surface area contributed by atoms with Crippen molar-refractivity contribution < 1.29 is 13.9 Å². The van der Waals surface area contributed by atoms with E-state index in [-0.39, 0.29) is 17.6 Å². The molecule has 2 aromatic heterocycles. The number of amides is 1. The Morgan fingerprint density at radius 3 is 2.64 bits per heavy atom. The number of aromatic nitrogens is 2. The van der Waals surface area contributed by atoms with Gasteiger partial charge >= 0.3 is 0 Å². The largest absolute Gasteiger partial charge is 0.457 e. The number of anilines is 1. The molecule has 0 saturated heterocycles. The summed E-state index contributed by atoms with van der Waals surface area (Å²) in [5.74, 6) is 0.801. The summed E-state index contributed by atoms with van der Waals surface area (Å²) in [6.45, 7) is 2.07. The Hall–Kier alpha value is -4.39. The second kappa shape index (κ2) is 8.63. The zero-order valence-electron chi connectivity index (χ0n) is 18.2. The van der Waals surface area contributed by atoms with E-state index in [1.165, 1.54) is 17.0 Å². The summed E-state index contributed by atoms with van der Waals surface area (Å²) in [6.07, 6.45) is 1.53. The lowest BCUT2D eigenvalue weighted by atomic mass is 10.0. The van der Waals surface area contributed by atoms with Crippen LogP contribution in [0.15, 0.2) is 83.4 Å². The number of ether oxygens (including phenoxy) is 1. The predicted molar refractivity (Wildman–Crippen MR) is 128 cm³/mol. The number of carbonyl (C=O) groups is 1. The van der Waals surface area contributed by atoms with E-state index in [1.807, 2.05) is 18.2 Å². The van der Waals surface area contributed by atoms with E-state index in [2.05, 4.69) is 57.9 Å². The molecule has 2 N–H and O–H groups in total. The lowest BCUT2D eigenvalue weighted by Gasteiger charge is -2.13. The van der Waals surface area contributed by atoms with Crippen molar-refractivity contribution >= 4 is 33.8 Å². The number of fused-ring (bicyclic) bond motifs is 2. The molecule has 3 aromatic carbocycles. The summed E-state index contributed by atoms with van der Waals surface area (Å²) in [6, 6.07) is 23.8. The number of oxazole rings is 1. The average Bonchev–Trinajstić information content (AvgIpc) is 3.24. The summed E-state index contributed by atoms with van der Waals surface area (Å²) in [7, 11) is 1.56. The average molecular weight is 438 g/mol. The highest BCUT2D eigenvalue weighted by Crippen LogP contribution is 2.29. The van der Waals surface area contributed by atoms with E-state index < -0.39 is 0 Å². The minimum Gasteiger partial charge on any atom is -0.457 e. The number of benzene rings is 3. The first-order valence-corrected chi connectivity index (χ1v) is 10.6. The monoisotopic (exact) mass is 438 g/mol. The smallest absolute Gasteiger partial charge is 0.296 e. The highest BCUT2D eigenvalue weighted by Gasteiger charge is 2.13. The molecule has 2 heterocycles. The van der Waals surface area contributed by atoms with Gasteiger partial charge in [-0.05, 0) is 47.5 Å². The zero-order valence-corrected chi connectivity index (χ0v) is 18.2. The standard InChI is InChI=1S/C26H22N4O3/c1-16(18-8-7-17-5-3-4-6-19(17)13-18)29-26-30-22-10-9-20(15-24(22)33-26)32-21-11-12-28-23(14-21)25(31)27-2/h3-16H,1-2H3,(H,27,31)(H,29,30)/t16-/m0/s1. The first-order valence-electron chi connectivity index (χ1n) is 10.6. The van der Waals surface area contributed by atoms with E-state index in [9.17, 15) is 4.79 Å². The summed E-state index contributed by atoms with van der Waals surface area (Å²) >= 11 is 0. The minimum absolute atomic E-state index is 0.0124. The summed E-state index contributed by atoms with van der Waals surface area (Å²) in [5.41, 5.74) is 2.74. The molecule has 5 aromatic rings. The molecule has 0 radical (unpaired) electrons. The molecular weight excluding hydrogens is 416 g/mol. The quantitative estimate of drug-likeness (QED) is 0.353. The number of rotatable bonds is 6. The molecule has 0 aliphatic heterocycles. The van der Waals surface area contributed by atoms with Gasteiger partial charge in [-0.15, -0.1) is 0 Å². The molecule has 0 saturated carbocycles. The second-order valence-corrected chi connectivity index (χ2v) is 7.68. The van der Waals surface area contributed by atoms with Gasteiger partial charge in [0.2, 0.25) is 0 Å².